The van der Waals surface area contributed by atoms with Crippen molar-refractivity contribution in [1.29, 1.82) is 0 Å². The maximum absolute atomic E-state index is 14.9. The van der Waals surface area contributed by atoms with Crippen molar-refractivity contribution in [1.82, 2.24) is 9.47 Å². The maximum Gasteiger partial charge on any atom is 0.223 e. The molecule has 0 saturated carbocycles. The van der Waals surface area contributed by atoms with Crippen LogP contribution in [0.2, 0.25) is 0 Å². The average molecular weight is 407 g/mol. The van der Waals surface area contributed by atoms with Crippen LogP contribution >= 0.6 is 0 Å². The summed E-state index contributed by atoms with van der Waals surface area (Å²) in [7, 11) is 2.08. The number of pyridine rings is 1. The molecular formula is C24H26FN3O2. The fourth-order valence-corrected chi connectivity index (χ4v) is 3.75. The summed E-state index contributed by atoms with van der Waals surface area (Å²) < 4.78 is 22.6. The molecule has 0 bridgehead atoms. The first-order valence-corrected chi connectivity index (χ1v) is 10.2. The number of hydrogen-bond donors (Lipinski definition) is 0. The highest BCUT2D eigenvalue weighted by Crippen LogP contribution is 2.25. The van der Waals surface area contributed by atoms with Gasteiger partial charge >= 0.3 is 0 Å². The highest BCUT2D eigenvalue weighted by Gasteiger charge is 2.18. The quantitative estimate of drug-likeness (QED) is 0.648. The van der Waals surface area contributed by atoms with Gasteiger partial charge in [-0.25, -0.2) is 4.39 Å². The van der Waals surface area contributed by atoms with Gasteiger partial charge in [0.2, 0.25) is 5.43 Å². The zero-order valence-corrected chi connectivity index (χ0v) is 17.3. The molecule has 0 spiro atoms. The second-order valence-electron chi connectivity index (χ2n) is 7.66. The topological polar surface area (TPSA) is 37.7 Å². The van der Waals surface area contributed by atoms with Crippen LogP contribution in [0.3, 0.4) is 0 Å². The molecule has 0 aliphatic carbocycles. The monoisotopic (exact) mass is 407 g/mol. The van der Waals surface area contributed by atoms with E-state index in [0.717, 1.165) is 31.7 Å². The van der Waals surface area contributed by atoms with Crippen molar-refractivity contribution in [2.45, 2.75) is 13.5 Å². The Morgan fingerprint density at radius 2 is 1.73 bits per heavy atom. The fourth-order valence-electron chi connectivity index (χ4n) is 3.75. The minimum Gasteiger partial charge on any atom is -0.483 e. The summed E-state index contributed by atoms with van der Waals surface area (Å²) in [6.45, 7) is 5.57. The molecule has 0 unspecified atom stereocenters. The molecule has 0 N–H and O–H groups in total. The second kappa shape index (κ2) is 8.71. The molecule has 1 aliphatic rings. The van der Waals surface area contributed by atoms with Crippen LogP contribution in [0.4, 0.5) is 10.1 Å². The Balaban J connectivity index is 1.59. The number of hydrogen-bond acceptors (Lipinski definition) is 4. The summed E-state index contributed by atoms with van der Waals surface area (Å²) in [6, 6.07) is 16.4. The molecule has 6 heteroatoms. The molecule has 1 fully saturated rings. The molecule has 5 nitrogen and oxygen atoms in total. The Labute approximate surface area is 175 Å². The van der Waals surface area contributed by atoms with E-state index >= 15 is 0 Å². The predicted octanol–water partition coefficient (Wildman–Crippen LogP) is 3.62. The van der Waals surface area contributed by atoms with Gasteiger partial charge in [-0.05, 0) is 31.7 Å². The van der Waals surface area contributed by atoms with Crippen LogP contribution in [-0.2, 0) is 6.61 Å². The van der Waals surface area contributed by atoms with Gasteiger partial charge in [-0.1, -0.05) is 30.3 Å². The van der Waals surface area contributed by atoms with Gasteiger partial charge in [0.15, 0.2) is 5.75 Å². The number of likely N-dealkylation sites (N-methyl/N-ethyl adjacent to an activating group) is 1. The predicted molar refractivity (Wildman–Crippen MR) is 117 cm³/mol. The van der Waals surface area contributed by atoms with Gasteiger partial charge in [0.25, 0.3) is 0 Å². The molecule has 156 valence electrons. The molecule has 1 saturated heterocycles. The van der Waals surface area contributed by atoms with Gasteiger partial charge < -0.3 is 19.1 Å². The molecule has 0 atom stereocenters. The summed E-state index contributed by atoms with van der Waals surface area (Å²) >= 11 is 0. The van der Waals surface area contributed by atoms with Crippen molar-refractivity contribution in [3.05, 3.63) is 88.1 Å². The van der Waals surface area contributed by atoms with E-state index < -0.39 is 0 Å². The third kappa shape index (κ3) is 4.24. The molecule has 0 amide bonds. The molecule has 2 aromatic carbocycles. The third-order valence-electron chi connectivity index (χ3n) is 5.57. The van der Waals surface area contributed by atoms with Crippen LogP contribution in [0.1, 0.15) is 11.3 Å². The van der Waals surface area contributed by atoms with Gasteiger partial charge in [0.05, 0.1) is 11.4 Å². The SMILES string of the molecule is Cc1c(OCc2ccccc2)c(=O)ccn1-c1ccc(N2CCN(C)CC2)c(F)c1. The van der Waals surface area contributed by atoms with Crippen LogP contribution < -0.4 is 15.1 Å². The summed E-state index contributed by atoms with van der Waals surface area (Å²) in [5.74, 6) is 0.0202. The lowest BCUT2D eigenvalue weighted by atomic mass is 10.2. The van der Waals surface area contributed by atoms with Crippen LogP contribution in [0.5, 0.6) is 5.75 Å². The Hall–Kier alpha value is -3.12. The lowest BCUT2D eigenvalue weighted by Crippen LogP contribution is -2.44. The third-order valence-corrected chi connectivity index (χ3v) is 5.57. The van der Waals surface area contributed by atoms with Crippen molar-refractivity contribution in [2.24, 2.45) is 0 Å². The number of nitrogens with zero attached hydrogens (tertiary/aromatic N) is 3. The number of ether oxygens (including phenoxy) is 1. The first-order chi connectivity index (χ1) is 14.5. The Morgan fingerprint density at radius 3 is 2.43 bits per heavy atom. The first kappa shape index (κ1) is 20.2. The molecule has 3 aromatic rings. The van der Waals surface area contributed by atoms with Crippen LogP contribution in [0, 0.1) is 12.7 Å². The van der Waals surface area contributed by atoms with Crippen LogP contribution in [0.15, 0.2) is 65.6 Å². The van der Waals surface area contributed by atoms with E-state index in [9.17, 15) is 9.18 Å². The minimum atomic E-state index is -0.262. The molecule has 1 aromatic heterocycles. The second-order valence-corrected chi connectivity index (χ2v) is 7.66. The lowest BCUT2D eigenvalue weighted by molar-refractivity contribution is 0.298. The van der Waals surface area contributed by atoms with Gasteiger partial charge in [-0.15, -0.1) is 0 Å². The van der Waals surface area contributed by atoms with Gasteiger partial charge in [0, 0.05) is 50.2 Å². The summed E-state index contributed by atoms with van der Waals surface area (Å²) in [6.07, 6.45) is 1.66. The van der Waals surface area contributed by atoms with Crippen LogP contribution in [-0.4, -0.2) is 42.7 Å². The van der Waals surface area contributed by atoms with Crippen molar-refractivity contribution in [2.75, 3.05) is 38.1 Å². The fraction of sp³-hybridized carbons (Fsp3) is 0.292. The number of piperazine rings is 1. The normalized spacial score (nSPS) is 14.7. The largest absolute Gasteiger partial charge is 0.483 e. The molecular weight excluding hydrogens is 381 g/mol. The van der Waals surface area contributed by atoms with Gasteiger partial charge in [-0.2, -0.15) is 0 Å². The number of benzene rings is 2. The van der Waals surface area contributed by atoms with E-state index in [2.05, 4.69) is 16.8 Å². The molecule has 0 radical (unpaired) electrons. The summed E-state index contributed by atoms with van der Waals surface area (Å²) in [5, 5.41) is 0. The van der Waals surface area contributed by atoms with Crippen molar-refractivity contribution < 1.29 is 9.13 Å². The van der Waals surface area contributed by atoms with E-state index in [1.165, 1.54) is 12.1 Å². The smallest absolute Gasteiger partial charge is 0.223 e. The lowest BCUT2D eigenvalue weighted by Gasteiger charge is -2.34. The van der Waals surface area contributed by atoms with E-state index in [1.807, 2.05) is 49.4 Å². The first-order valence-electron chi connectivity index (χ1n) is 10.2. The van der Waals surface area contributed by atoms with E-state index in [-0.39, 0.29) is 17.0 Å². The number of aromatic nitrogens is 1. The van der Waals surface area contributed by atoms with Crippen molar-refractivity contribution in [3.8, 4) is 11.4 Å². The highest BCUT2D eigenvalue weighted by molar-refractivity contribution is 5.53. The van der Waals surface area contributed by atoms with E-state index in [4.69, 9.17) is 4.74 Å². The summed E-state index contributed by atoms with van der Waals surface area (Å²) in [4.78, 5) is 16.7. The van der Waals surface area contributed by atoms with Crippen molar-refractivity contribution >= 4 is 5.69 Å². The molecule has 30 heavy (non-hydrogen) atoms. The average Bonchev–Trinajstić information content (AvgIpc) is 2.75. The standard InChI is InChI=1S/C24H26FN3O2/c1-18-24(30-17-19-6-4-3-5-7-19)23(29)10-11-28(18)20-8-9-22(21(25)16-20)27-14-12-26(2)13-15-27/h3-11,16H,12-15,17H2,1-2H3. The Morgan fingerprint density at radius 1 is 1.00 bits per heavy atom. The highest BCUT2D eigenvalue weighted by atomic mass is 19.1. The Kier molecular flexibility index (Phi) is 5.86. The van der Waals surface area contributed by atoms with Crippen LogP contribution in [0.25, 0.3) is 5.69 Å². The van der Waals surface area contributed by atoms with Gasteiger partial charge in [-0.3, -0.25) is 4.79 Å². The number of rotatable bonds is 5. The van der Waals surface area contributed by atoms with E-state index in [1.54, 1.807) is 10.8 Å². The van der Waals surface area contributed by atoms with E-state index in [0.29, 0.717) is 23.7 Å². The maximum atomic E-state index is 14.9. The van der Waals surface area contributed by atoms with Crippen molar-refractivity contribution in [3.63, 3.8) is 0 Å². The molecule has 1 aliphatic heterocycles. The summed E-state index contributed by atoms with van der Waals surface area (Å²) in [5.41, 5.74) is 2.72. The zero-order chi connectivity index (χ0) is 21.1. The molecule has 4 rings (SSSR count). The minimum absolute atomic E-state index is 0.186. The Bertz CT molecular complexity index is 1070. The zero-order valence-electron chi connectivity index (χ0n) is 17.3. The number of anilines is 1. The number of halogens is 1. The molecule has 2 heterocycles. The van der Waals surface area contributed by atoms with Gasteiger partial charge in [0.1, 0.15) is 12.4 Å².